The molecule has 0 heterocycles. The highest BCUT2D eigenvalue weighted by Crippen LogP contribution is 2.34. The summed E-state index contributed by atoms with van der Waals surface area (Å²) < 4.78 is 0. The van der Waals surface area contributed by atoms with E-state index in [2.05, 4.69) is 30.3 Å². The van der Waals surface area contributed by atoms with Crippen LogP contribution in [0.4, 0.5) is 0 Å². The summed E-state index contributed by atoms with van der Waals surface area (Å²) in [5.41, 5.74) is 2.05. The minimum atomic E-state index is 0.585. The van der Waals surface area contributed by atoms with E-state index in [0.29, 0.717) is 10.0 Å². The molecular formula is C16H10Cl2. The molecule has 3 rings (SSSR count). The molecule has 0 aliphatic carbocycles. The van der Waals surface area contributed by atoms with Crippen LogP contribution >= 0.6 is 23.2 Å². The molecule has 0 saturated heterocycles. The molecule has 0 fully saturated rings. The fraction of sp³-hybridized carbons (Fsp3) is 0. The van der Waals surface area contributed by atoms with Crippen molar-refractivity contribution in [1.29, 1.82) is 0 Å². The van der Waals surface area contributed by atoms with Crippen molar-refractivity contribution in [2.45, 2.75) is 0 Å². The maximum Gasteiger partial charge on any atom is 0.0670 e. The van der Waals surface area contributed by atoms with Crippen LogP contribution < -0.4 is 0 Å². The van der Waals surface area contributed by atoms with Gasteiger partial charge in [0.05, 0.1) is 10.0 Å². The Labute approximate surface area is 116 Å². The van der Waals surface area contributed by atoms with Crippen molar-refractivity contribution in [3.05, 3.63) is 70.7 Å². The van der Waals surface area contributed by atoms with Gasteiger partial charge in [0, 0.05) is 5.56 Å². The van der Waals surface area contributed by atoms with Gasteiger partial charge in [-0.2, -0.15) is 0 Å². The monoisotopic (exact) mass is 272 g/mol. The Hall–Kier alpha value is -1.50. The molecule has 2 heteroatoms. The summed E-state index contributed by atoms with van der Waals surface area (Å²) in [6.07, 6.45) is 0. The molecule has 0 N–H and O–H groups in total. The zero-order chi connectivity index (χ0) is 12.5. The topological polar surface area (TPSA) is 0 Å². The summed E-state index contributed by atoms with van der Waals surface area (Å²) >= 11 is 12.3. The highest BCUT2D eigenvalue weighted by Gasteiger charge is 2.06. The fourth-order valence-electron chi connectivity index (χ4n) is 2.08. The second-order valence-corrected chi connectivity index (χ2v) is 4.95. The Morgan fingerprint density at radius 1 is 0.667 bits per heavy atom. The van der Waals surface area contributed by atoms with Gasteiger partial charge >= 0.3 is 0 Å². The number of halogens is 2. The number of hydrogen-bond acceptors (Lipinski definition) is 0. The SMILES string of the molecule is Clc1cccc(-c2ccc3ccccc3c2)c1Cl. The molecule has 0 aliphatic heterocycles. The van der Waals surface area contributed by atoms with Gasteiger partial charge in [-0.25, -0.2) is 0 Å². The number of benzene rings is 3. The predicted octanol–water partition coefficient (Wildman–Crippen LogP) is 5.81. The fourth-order valence-corrected chi connectivity index (χ4v) is 2.49. The summed E-state index contributed by atoms with van der Waals surface area (Å²) in [6, 6.07) is 20.3. The van der Waals surface area contributed by atoms with Gasteiger partial charge in [-0.3, -0.25) is 0 Å². The molecule has 0 bridgehead atoms. The molecule has 0 radical (unpaired) electrons. The van der Waals surface area contributed by atoms with Gasteiger partial charge in [-0.05, 0) is 28.5 Å². The van der Waals surface area contributed by atoms with E-state index in [1.807, 2.05) is 24.3 Å². The number of fused-ring (bicyclic) bond motifs is 1. The molecule has 0 amide bonds. The normalized spacial score (nSPS) is 10.8. The number of hydrogen-bond donors (Lipinski definition) is 0. The van der Waals surface area contributed by atoms with Gasteiger partial charge in [-0.1, -0.05) is 71.7 Å². The molecule has 0 spiro atoms. The van der Waals surface area contributed by atoms with E-state index in [9.17, 15) is 0 Å². The first-order valence-corrected chi connectivity index (χ1v) is 6.44. The van der Waals surface area contributed by atoms with Crippen LogP contribution in [0.25, 0.3) is 21.9 Å². The standard InChI is InChI=1S/C16H10Cl2/c17-15-7-3-6-14(16(15)18)13-9-8-11-4-1-2-5-12(11)10-13/h1-10H. The summed E-state index contributed by atoms with van der Waals surface area (Å²) in [5, 5.41) is 3.61. The lowest BCUT2D eigenvalue weighted by molar-refractivity contribution is 1.64. The maximum atomic E-state index is 6.25. The van der Waals surface area contributed by atoms with Crippen LogP contribution in [0.15, 0.2) is 60.7 Å². The molecule has 3 aromatic carbocycles. The second-order valence-electron chi connectivity index (χ2n) is 4.16. The van der Waals surface area contributed by atoms with Crippen LogP contribution in [-0.4, -0.2) is 0 Å². The predicted molar refractivity (Wildman–Crippen MR) is 79.4 cm³/mol. The van der Waals surface area contributed by atoms with Crippen LogP contribution in [0.5, 0.6) is 0 Å². The Morgan fingerprint density at radius 2 is 1.44 bits per heavy atom. The Bertz CT molecular complexity index is 717. The molecule has 0 unspecified atom stereocenters. The van der Waals surface area contributed by atoms with Crippen LogP contribution in [0.2, 0.25) is 10.0 Å². The molecule has 0 aromatic heterocycles. The Morgan fingerprint density at radius 3 is 2.28 bits per heavy atom. The summed E-state index contributed by atoms with van der Waals surface area (Å²) in [5.74, 6) is 0. The lowest BCUT2D eigenvalue weighted by atomic mass is 10.0. The van der Waals surface area contributed by atoms with Crippen LogP contribution in [0.3, 0.4) is 0 Å². The van der Waals surface area contributed by atoms with Crippen molar-refractivity contribution in [3.63, 3.8) is 0 Å². The summed E-state index contributed by atoms with van der Waals surface area (Å²) in [6.45, 7) is 0. The maximum absolute atomic E-state index is 6.25. The van der Waals surface area contributed by atoms with E-state index in [1.54, 1.807) is 6.07 Å². The van der Waals surface area contributed by atoms with E-state index < -0.39 is 0 Å². The first-order chi connectivity index (χ1) is 8.75. The highest BCUT2D eigenvalue weighted by atomic mass is 35.5. The largest absolute Gasteiger partial charge is 0.0827 e. The first-order valence-electron chi connectivity index (χ1n) is 5.69. The Kier molecular flexibility index (Phi) is 2.99. The lowest BCUT2D eigenvalue weighted by Crippen LogP contribution is -1.81. The zero-order valence-corrected chi connectivity index (χ0v) is 11.0. The van der Waals surface area contributed by atoms with Crippen molar-refractivity contribution in [2.75, 3.05) is 0 Å². The smallest absolute Gasteiger partial charge is 0.0670 e. The first kappa shape index (κ1) is 11.6. The van der Waals surface area contributed by atoms with Crippen LogP contribution in [0.1, 0.15) is 0 Å². The van der Waals surface area contributed by atoms with Crippen molar-refractivity contribution < 1.29 is 0 Å². The van der Waals surface area contributed by atoms with Gasteiger partial charge in [-0.15, -0.1) is 0 Å². The minimum absolute atomic E-state index is 0.585. The average Bonchev–Trinajstić information content (AvgIpc) is 2.41. The third kappa shape index (κ3) is 1.98. The van der Waals surface area contributed by atoms with Gasteiger partial charge in [0.25, 0.3) is 0 Å². The highest BCUT2D eigenvalue weighted by molar-refractivity contribution is 6.43. The van der Waals surface area contributed by atoms with Crippen molar-refractivity contribution >= 4 is 34.0 Å². The zero-order valence-electron chi connectivity index (χ0n) is 9.53. The lowest BCUT2D eigenvalue weighted by Gasteiger charge is -2.07. The van der Waals surface area contributed by atoms with E-state index in [1.165, 1.54) is 10.8 Å². The van der Waals surface area contributed by atoms with Gasteiger partial charge in [0.1, 0.15) is 0 Å². The quantitative estimate of drug-likeness (QED) is 0.524. The molecule has 0 atom stereocenters. The summed E-state index contributed by atoms with van der Waals surface area (Å²) in [4.78, 5) is 0. The third-order valence-corrected chi connectivity index (χ3v) is 3.83. The second kappa shape index (κ2) is 4.64. The molecule has 18 heavy (non-hydrogen) atoms. The minimum Gasteiger partial charge on any atom is -0.0827 e. The van der Waals surface area contributed by atoms with E-state index in [0.717, 1.165) is 11.1 Å². The summed E-state index contributed by atoms with van der Waals surface area (Å²) in [7, 11) is 0. The average molecular weight is 273 g/mol. The molecule has 0 nitrogen and oxygen atoms in total. The van der Waals surface area contributed by atoms with Gasteiger partial charge < -0.3 is 0 Å². The van der Waals surface area contributed by atoms with E-state index in [-0.39, 0.29) is 0 Å². The van der Waals surface area contributed by atoms with Gasteiger partial charge in [0.15, 0.2) is 0 Å². The van der Waals surface area contributed by atoms with Gasteiger partial charge in [0.2, 0.25) is 0 Å². The molecule has 0 aliphatic rings. The Balaban J connectivity index is 2.22. The van der Waals surface area contributed by atoms with Crippen molar-refractivity contribution in [1.82, 2.24) is 0 Å². The third-order valence-electron chi connectivity index (χ3n) is 3.01. The number of rotatable bonds is 1. The van der Waals surface area contributed by atoms with Crippen molar-refractivity contribution in [2.24, 2.45) is 0 Å². The van der Waals surface area contributed by atoms with Crippen LogP contribution in [-0.2, 0) is 0 Å². The molecular weight excluding hydrogens is 263 g/mol. The van der Waals surface area contributed by atoms with Crippen LogP contribution in [0, 0.1) is 0 Å². The molecule has 3 aromatic rings. The van der Waals surface area contributed by atoms with E-state index in [4.69, 9.17) is 23.2 Å². The molecule has 88 valence electrons. The van der Waals surface area contributed by atoms with E-state index >= 15 is 0 Å². The van der Waals surface area contributed by atoms with Crippen molar-refractivity contribution in [3.8, 4) is 11.1 Å². The molecule has 0 saturated carbocycles.